The summed E-state index contributed by atoms with van der Waals surface area (Å²) in [5.74, 6) is 0.771. The lowest BCUT2D eigenvalue weighted by Crippen LogP contribution is -2.25. The van der Waals surface area contributed by atoms with Crippen molar-refractivity contribution in [2.45, 2.75) is 44.2 Å². The number of benzene rings is 1. The van der Waals surface area contributed by atoms with Gasteiger partial charge in [0.2, 0.25) is 5.91 Å². The fraction of sp³-hybridized carbons (Fsp3) is 0.524. The molecule has 0 spiro atoms. The molecule has 2 aliphatic rings. The monoisotopic (exact) mass is 414 g/mol. The average molecular weight is 415 g/mol. The van der Waals surface area contributed by atoms with E-state index in [2.05, 4.69) is 10.3 Å². The van der Waals surface area contributed by atoms with Crippen molar-refractivity contribution >= 4 is 39.9 Å². The number of thiazole rings is 1. The summed E-state index contributed by atoms with van der Waals surface area (Å²) in [6.07, 6.45) is 5.52. The minimum atomic E-state index is -0.226. The van der Waals surface area contributed by atoms with Crippen molar-refractivity contribution in [2.24, 2.45) is 10.9 Å². The summed E-state index contributed by atoms with van der Waals surface area (Å²) in [4.78, 5) is 20.7. The van der Waals surface area contributed by atoms with Gasteiger partial charge in [0.15, 0.2) is 0 Å². The summed E-state index contributed by atoms with van der Waals surface area (Å²) in [6, 6.07) is 4.26. The largest absolute Gasteiger partial charge is 0.489 e. The fourth-order valence-corrected chi connectivity index (χ4v) is 4.50. The first kappa shape index (κ1) is 20.0. The van der Waals surface area contributed by atoms with Crippen molar-refractivity contribution in [3.63, 3.8) is 0 Å². The molecule has 1 aromatic heterocycles. The smallest absolute Gasteiger partial charge is 0.220 e. The molecule has 154 valence electrons. The van der Waals surface area contributed by atoms with Crippen LogP contribution in [0.2, 0.25) is 0 Å². The van der Waals surface area contributed by atoms with Crippen molar-refractivity contribution in [2.75, 3.05) is 19.8 Å². The quantitative estimate of drug-likeness (QED) is 0.680. The van der Waals surface area contributed by atoms with Crippen molar-refractivity contribution in [1.82, 2.24) is 10.3 Å². The van der Waals surface area contributed by atoms with Gasteiger partial charge in [-0.25, -0.2) is 4.98 Å². The number of carbonyl (C=O) groups excluding carboxylic acids is 1. The molecule has 0 radical (unpaired) electrons. The molecule has 2 aromatic rings. The lowest BCUT2D eigenvalue weighted by Gasteiger charge is -2.21. The lowest BCUT2D eigenvalue weighted by atomic mass is 10.00. The maximum Gasteiger partial charge on any atom is 0.220 e. The van der Waals surface area contributed by atoms with Crippen molar-refractivity contribution < 1.29 is 14.3 Å². The SMILES string of the molecule is CC(Oc1cc(C(C=N)C=NC2CCOCC2)cc2ncsc12)C1CNC(=O)C1. The van der Waals surface area contributed by atoms with E-state index in [4.69, 9.17) is 19.9 Å². The number of fused-ring (bicyclic) bond motifs is 1. The van der Waals surface area contributed by atoms with Crippen LogP contribution in [0.1, 0.15) is 37.7 Å². The van der Waals surface area contributed by atoms with Crippen LogP contribution in [0.5, 0.6) is 5.75 Å². The molecule has 1 amide bonds. The van der Waals surface area contributed by atoms with Gasteiger partial charge in [0.25, 0.3) is 0 Å². The summed E-state index contributed by atoms with van der Waals surface area (Å²) < 4.78 is 12.7. The lowest BCUT2D eigenvalue weighted by molar-refractivity contribution is -0.119. The topological polar surface area (TPSA) is 96.7 Å². The number of nitrogens with one attached hydrogen (secondary N) is 2. The van der Waals surface area contributed by atoms with Gasteiger partial charge in [-0.15, -0.1) is 11.3 Å². The van der Waals surface area contributed by atoms with Gasteiger partial charge in [0, 0.05) is 44.5 Å². The third-order valence-electron chi connectivity index (χ3n) is 5.62. The molecule has 2 fully saturated rings. The molecule has 2 aliphatic heterocycles. The van der Waals surface area contributed by atoms with Gasteiger partial charge >= 0.3 is 0 Å². The number of nitrogens with zero attached hydrogens (tertiary/aromatic N) is 2. The van der Waals surface area contributed by atoms with E-state index >= 15 is 0 Å². The summed E-state index contributed by atoms with van der Waals surface area (Å²) in [7, 11) is 0. The van der Waals surface area contributed by atoms with Crippen LogP contribution in [0.25, 0.3) is 10.2 Å². The van der Waals surface area contributed by atoms with E-state index in [9.17, 15) is 4.79 Å². The molecule has 3 atom stereocenters. The molecule has 0 aliphatic carbocycles. The van der Waals surface area contributed by atoms with Crippen LogP contribution >= 0.6 is 11.3 Å². The van der Waals surface area contributed by atoms with Crippen LogP contribution in [0.3, 0.4) is 0 Å². The van der Waals surface area contributed by atoms with Crippen LogP contribution < -0.4 is 10.1 Å². The van der Waals surface area contributed by atoms with Gasteiger partial charge in [0.05, 0.1) is 27.7 Å². The van der Waals surface area contributed by atoms with Gasteiger partial charge in [-0.3, -0.25) is 9.79 Å². The van der Waals surface area contributed by atoms with Crippen LogP contribution in [0, 0.1) is 11.3 Å². The second-order valence-corrected chi connectivity index (χ2v) is 8.50. The highest BCUT2D eigenvalue weighted by molar-refractivity contribution is 7.17. The Balaban J connectivity index is 1.56. The molecule has 1 aromatic carbocycles. The van der Waals surface area contributed by atoms with E-state index < -0.39 is 0 Å². The molecular formula is C21H26N4O3S. The number of rotatable bonds is 7. The van der Waals surface area contributed by atoms with Gasteiger partial charge in [-0.1, -0.05) is 0 Å². The van der Waals surface area contributed by atoms with Crippen molar-refractivity contribution in [3.8, 4) is 5.75 Å². The van der Waals surface area contributed by atoms with Crippen molar-refractivity contribution in [3.05, 3.63) is 23.2 Å². The second kappa shape index (κ2) is 9.00. The first-order valence-electron chi connectivity index (χ1n) is 10.1. The molecule has 29 heavy (non-hydrogen) atoms. The minimum absolute atomic E-state index is 0.0790. The summed E-state index contributed by atoms with van der Waals surface area (Å²) in [5.41, 5.74) is 3.61. The normalized spacial score (nSPS) is 22.7. The molecule has 2 N–H and O–H groups in total. The molecular weight excluding hydrogens is 388 g/mol. The van der Waals surface area contributed by atoms with Crippen LogP contribution in [0.4, 0.5) is 0 Å². The molecule has 7 nitrogen and oxygen atoms in total. The highest BCUT2D eigenvalue weighted by atomic mass is 32.1. The first-order valence-corrected chi connectivity index (χ1v) is 10.9. The van der Waals surface area contributed by atoms with E-state index in [1.165, 1.54) is 17.6 Å². The molecule has 0 saturated carbocycles. The van der Waals surface area contributed by atoms with Crippen LogP contribution in [-0.2, 0) is 9.53 Å². The van der Waals surface area contributed by atoms with E-state index in [1.54, 1.807) is 0 Å². The minimum Gasteiger partial charge on any atom is -0.489 e. The average Bonchev–Trinajstić information content (AvgIpc) is 3.38. The Morgan fingerprint density at radius 2 is 2.24 bits per heavy atom. The number of hydrogen-bond acceptors (Lipinski definition) is 7. The Morgan fingerprint density at radius 3 is 2.97 bits per heavy atom. The van der Waals surface area contributed by atoms with Gasteiger partial charge in [-0.2, -0.15) is 0 Å². The standard InChI is InChI=1S/C21H26N4O3S/c1-13(15-8-20(26)24-10-15)28-19-7-14(6-18-21(19)29-12-25-18)16(9-22)11-23-17-2-4-27-5-3-17/h6-7,9,11-13,15-17,22H,2-5,8,10H2,1H3,(H,24,26). The molecule has 8 heteroatoms. The number of carbonyl (C=O) groups is 1. The van der Waals surface area contributed by atoms with Gasteiger partial charge in [-0.05, 0) is 37.5 Å². The van der Waals surface area contributed by atoms with E-state index in [0.29, 0.717) is 13.0 Å². The summed E-state index contributed by atoms with van der Waals surface area (Å²) >= 11 is 1.54. The van der Waals surface area contributed by atoms with E-state index in [1.807, 2.05) is 30.8 Å². The zero-order valence-electron chi connectivity index (χ0n) is 16.5. The molecule has 3 unspecified atom stereocenters. The number of amides is 1. The Hall–Kier alpha value is -2.32. The number of aliphatic imine (C=N–C) groups is 1. The third kappa shape index (κ3) is 4.64. The van der Waals surface area contributed by atoms with Crippen LogP contribution in [0.15, 0.2) is 22.6 Å². The maximum atomic E-state index is 11.5. The highest BCUT2D eigenvalue weighted by Crippen LogP contribution is 2.34. The first-order chi connectivity index (χ1) is 14.1. The number of ether oxygens (including phenoxy) is 2. The zero-order chi connectivity index (χ0) is 20.2. The number of hydrogen-bond donors (Lipinski definition) is 2. The van der Waals surface area contributed by atoms with Crippen molar-refractivity contribution in [1.29, 1.82) is 5.41 Å². The third-order valence-corrected chi connectivity index (χ3v) is 6.48. The summed E-state index contributed by atoms with van der Waals surface area (Å²) in [5, 5.41) is 10.8. The fourth-order valence-electron chi connectivity index (χ4n) is 3.77. The highest BCUT2D eigenvalue weighted by Gasteiger charge is 2.28. The molecule has 3 heterocycles. The molecule has 2 saturated heterocycles. The number of aromatic nitrogens is 1. The predicted octanol–water partition coefficient (Wildman–Crippen LogP) is 3.18. The summed E-state index contributed by atoms with van der Waals surface area (Å²) in [6.45, 7) is 4.14. The Kier molecular flexibility index (Phi) is 6.20. The van der Waals surface area contributed by atoms with Gasteiger partial charge < -0.3 is 20.2 Å². The van der Waals surface area contributed by atoms with E-state index in [-0.39, 0.29) is 29.9 Å². The Bertz CT molecular complexity index is 906. The van der Waals surface area contributed by atoms with E-state index in [0.717, 1.165) is 47.6 Å². The van der Waals surface area contributed by atoms with Gasteiger partial charge in [0.1, 0.15) is 11.9 Å². The molecule has 0 bridgehead atoms. The second-order valence-electron chi connectivity index (χ2n) is 7.65. The predicted molar refractivity (Wildman–Crippen MR) is 115 cm³/mol. The Morgan fingerprint density at radius 1 is 1.41 bits per heavy atom. The van der Waals surface area contributed by atoms with Crippen LogP contribution in [-0.4, -0.2) is 55.2 Å². The molecule has 4 rings (SSSR count). The maximum absolute atomic E-state index is 11.5. The zero-order valence-corrected chi connectivity index (χ0v) is 17.3. The Labute approximate surface area is 174 Å².